The Kier molecular flexibility index (Phi) is 4.07. The first kappa shape index (κ1) is 14.1. The molecule has 2 rings (SSSR count). The van der Waals surface area contributed by atoms with Crippen molar-refractivity contribution in [2.75, 3.05) is 0 Å². The number of rotatable bonds is 4. The molecule has 106 valence electrons. The molecular formula is C13H9F4NO2. The molecule has 3 nitrogen and oxygen atoms in total. The standard InChI is InChI=1S/C13H9F4NO2/c14-12(13(15,16)17)20-11-8-4-7-10(18-11)19-9-5-2-1-3-6-9/h1-8,12H. The van der Waals surface area contributed by atoms with Crippen LogP contribution in [0.4, 0.5) is 17.6 Å². The molecule has 0 bridgehead atoms. The number of halogens is 4. The van der Waals surface area contributed by atoms with Crippen LogP contribution in [0.15, 0.2) is 48.5 Å². The highest BCUT2D eigenvalue weighted by Crippen LogP contribution is 2.27. The van der Waals surface area contributed by atoms with E-state index in [-0.39, 0.29) is 5.88 Å². The van der Waals surface area contributed by atoms with E-state index < -0.39 is 18.4 Å². The molecule has 1 unspecified atom stereocenters. The predicted molar refractivity (Wildman–Crippen MR) is 62.3 cm³/mol. The molecule has 1 aromatic carbocycles. The molecule has 0 aliphatic rings. The first-order chi connectivity index (χ1) is 9.45. The minimum absolute atomic E-state index is 0.00285. The second-order valence-corrected chi connectivity index (χ2v) is 3.70. The van der Waals surface area contributed by atoms with E-state index >= 15 is 0 Å². The second kappa shape index (κ2) is 5.77. The van der Waals surface area contributed by atoms with Crippen molar-refractivity contribution < 1.29 is 27.0 Å². The van der Waals surface area contributed by atoms with Crippen LogP contribution in [0.5, 0.6) is 17.5 Å². The molecular weight excluding hydrogens is 278 g/mol. The fraction of sp³-hybridized carbons (Fsp3) is 0.154. The number of nitrogens with zero attached hydrogens (tertiary/aromatic N) is 1. The lowest BCUT2D eigenvalue weighted by Crippen LogP contribution is -2.30. The lowest BCUT2D eigenvalue weighted by atomic mass is 10.3. The number of hydrogen-bond acceptors (Lipinski definition) is 3. The molecule has 0 amide bonds. The van der Waals surface area contributed by atoms with Crippen LogP contribution in [0, 0.1) is 0 Å². The molecule has 2 aromatic rings. The van der Waals surface area contributed by atoms with E-state index in [1.807, 2.05) is 0 Å². The Morgan fingerprint density at radius 3 is 2.20 bits per heavy atom. The molecule has 1 atom stereocenters. The van der Waals surface area contributed by atoms with Gasteiger partial charge in [-0.2, -0.15) is 22.5 Å². The van der Waals surface area contributed by atoms with Gasteiger partial charge in [0.2, 0.25) is 11.8 Å². The van der Waals surface area contributed by atoms with Crippen LogP contribution in [0.1, 0.15) is 0 Å². The van der Waals surface area contributed by atoms with Crippen molar-refractivity contribution in [3.63, 3.8) is 0 Å². The average Bonchev–Trinajstić information content (AvgIpc) is 2.39. The maximum absolute atomic E-state index is 12.7. The largest absolute Gasteiger partial charge is 0.457 e. The van der Waals surface area contributed by atoms with Crippen LogP contribution >= 0.6 is 0 Å². The van der Waals surface area contributed by atoms with Crippen molar-refractivity contribution in [3.05, 3.63) is 48.5 Å². The monoisotopic (exact) mass is 287 g/mol. The third-order valence-electron chi connectivity index (χ3n) is 2.15. The lowest BCUT2D eigenvalue weighted by Gasteiger charge is -2.13. The summed E-state index contributed by atoms with van der Waals surface area (Å²) < 4.78 is 58.2. The minimum Gasteiger partial charge on any atom is -0.439 e. The van der Waals surface area contributed by atoms with Gasteiger partial charge in [0.15, 0.2) is 0 Å². The molecule has 0 saturated heterocycles. The Labute approximate surface area is 111 Å². The molecule has 1 aromatic heterocycles. The maximum atomic E-state index is 12.7. The Bertz CT molecular complexity index is 560. The summed E-state index contributed by atoms with van der Waals surface area (Å²) in [6, 6.07) is 12.4. The Morgan fingerprint density at radius 2 is 1.55 bits per heavy atom. The predicted octanol–water partition coefficient (Wildman–Crippen LogP) is 4.11. The van der Waals surface area contributed by atoms with E-state index in [1.165, 1.54) is 12.1 Å². The Balaban J connectivity index is 2.08. The third kappa shape index (κ3) is 3.84. The highest BCUT2D eigenvalue weighted by molar-refractivity contribution is 5.28. The number of pyridine rings is 1. The first-order valence-electron chi connectivity index (χ1n) is 5.52. The number of para-hydroxylation sites is 1. The zero-order valence-corrected chi connectivity index (χ0v) is 9.97. The van der Waals surface area contributed by atoms with Crippen LogP contribution in [-0.4, -0.2) is 17.5 Å². The Hall–Kier alpha value is -2.31. The maximum Gasteiger partial charge on any atom is 0.457 e. The van der Waals surface area contributed by atoms with Crippen LogP contribution in [-0.2, 0) is 0 Å². The van der Waals surface area contributed by atoms with Crippen molar-refractivity contribution in [2.45, 2.75) is 12.5 Å². The van der Waals surface area contributed by atoms with Gasteiger partial charge in [-0.1, -0.05) is 24.3 Å². The SMILES string of the molecule is FC(Oc1cccc(Oc2ccccc2)n1)C(F)(F)F. The molecule has 0 aliphatic heterocycles. The number of hydrogen-bond donors (Lipinski definition) is 0. The first-order valence-corrected chi connectivity index (χ1v) is 5.52. The van der Waals surface area contributed by atoms with E-state index in [2.05, 4.69) is 9.72 Å². The van der Waals surface area contributed by atoms with Crippen LogP contribution in [0.2, 0.25) is 0 Å². The molecule has 0 spiro atoms. The van der Waals surface area contributed by atoms with E-state index in [4.69, 9.17) is 4.74 Å². The summed E-state index contributed by atoms with van der Waals surface area (Å²) in [5.41, 5.74) is 0. The summed E-state index contributed by atoms with van der Waals surface area (Å²) in [6.45, 7) is 0. The van der Waals surface area contributed by atoms with Gasteiger partial charge >= 0.3 is 12.5 Å². The highest BCUT2D eigenvalue weighted by atomic mass is 19.4. The van der Waals surface area contributed by atoms with Crippen LogP contribution in [0.25, 0.3) is 0 Å². The molecule has 0 aliphatic carbocycles. The third-order valence-corrected chi connectivity index (χ3v) is 2.15. The number of aromatic nitrogens is 1. The van der Waals surface area contributed by atoms with Crippen molar-refractivity contribution in [2.24, 2.45) is 0 Å². The van der Waals surface area contributed by atoms with Crippen LogP contribution < -0.4 is 9.47 Å². The molecule has 0 N–H and O–H groups in total. The zero-order chi connectivity index (χ0) is 14.6. The molecule has 1 heterocycles. The van der Waals surface area contributed by atoms with Crippen LogP contribution in [0.3, 0.4) is 0 Å². The summed E-state index contributed by atoms with van der Waals surface area (Å²) in [6.07, 6.45) is -8.53. The van der Waals surface area contributed by atoms with Gasteiger partial charge in [-0.25, -0.2) is 0 Å². The number of alkyl halides is 4. The average molecular weight is 287 g/mol. The zero-order valence-electron chi connectivity index (χ0n) is 9.97. The number of ether oxygens (including phenoxy) is 2. The van der Waals surface area contributed by atoms with Gasteiger partial charge in [0.1, 0.15) is 5.75 Å². The fourth-order valence-electron chi connectivity index (χ4n) is 1.30. The Morgan fingerprint density at radius 1 is 0.900 bits per heavy atom. The van der Waals surface area contributed by atoms with Crippen molar-refractivity contribution in [1.29, 1.82) is 0 Å². The topological polar surface area (TPSA) is 31.4 Å². The smallest absolute Gasteiger partial charge is 0.439 e. The van der Waals surface area contributed by atoms with E-state index in [0.29, 0.717) is 5.75 Å². The van der Waals surface area contributed by atoms with Gasteiger partial charge in [-0.15, -0.1) is 0 Å². The second-order valence-electron chi connectivity index (χ2n) is 3.70. The van der Waals surface area contributed by atoms with E-state index in [1.54, 1.807) is 30.3 Å². The summed E-state index contributed by atoms with van der Waals surface area (Å²) >= 11 is 0. The lowest BCUT2D eigenvalue weighted by molar-refractivity contribution is -0.237. The van der Waals surface area contributed by atoms with E-state index in [0.717, 1.165) is 6.07 Å². The van der Waals surface area contributed by atoms with Gasteiger partial charge in [0.05, 0.1) is 0 Å². The van der Waals surface area contributed by atoms with Crippen molar-refractivity contribution in [3.8, 4) is 17.5 Å². The molecule has 0 radical (unpaired) electrons. The summed E-state index contributed by atoms with van der Waals surface area (Å²) in [5.74, 6) is -0.0592. The highest BCUT2D eigenvalue weighted by Gasteiger charge is 2.42. The number of benzene rings is 1. The summed E-state index contributed by atoms with van der Waals surface area (Å²) in [5, 5.41) is 0. The van der Waals surface area contributed by atoms with E-state index in [9.17, 15) is 17.6 Å². The van der Waals surface area contributed by atoms with Crippen molar-refractivity contribution >= 4 is 0 Å². The van der Waals surface area contributed by atoms with Gasteiger partial charge < -0.3 is 9.47 Å². The van der Waals surface area contributed by atoms with Crippen molar-refractivity contribution in [1.82, 2.24) is 4.98 Å². The fourth-order valence-corrected chi connectivity index (χ4v) is 1.30. The van der Waals surface area contributed by atoms with Gasteiger partial charge in [0.25, 0.3) is 0 Å². The normalized spacial score (nSPS) is 12.8. The molecule has 0 fully saturated rings. The molecule has 7 heteroatoms. The van der Waals surface area contributed by atoms with Gasteiger partial charge in [-0.05, 0) is 12.1 Å². The molecule has 0 saturated carbocycles. The summed E-state index contributed by atoms with van der Waals surface area (Å²) in [7, 11) is 0. The molecule has 20 heavy (non-hydrogen) atoms. The van der Waals surface area contributed by atoms with Gasteiger partial charge in [-0.3, -0.25) is 0 Å². The van der Waals surface area contributed by atoms with Gasteiger partial charge in [0, 0.05) is 12.1 Å². The minimum atomic E-state index is -5.10. The quantitative estimate of drug-likeness (QED) is 0.793. The summed E-state index contributed by atoms with van der Waals surface area (Å²) in [4.78, 5) is 3.64.